The lowest BCUT2D eigenvalue weighted by molar-refractivity contribution is 0.285. The van der Waals surface area contributed by atoms with Crippen LogP contribution >= 0.6 is 22.9 Å². The molecule has 0 saturated carbocycles. The third-order valence-corrected chi connectivity index (χ3v) is 3.57. The molecule has 0 aliphatic heterocycles. The Labute approximate surface area is 99.1 Å². The van der Waals surface area contributed by atoms with Crippen molar-refractivity contribution in [1.82, 2.24) is 9.88 Å². The minimum Gasteiger partial charge on any atom is -0.391 e. The highest BCUT2D eigenvalue weighted by molar-refractivity contribution is 7.16. The van der Waals surface area contributed by atoms with E-state index >= 15 is 0 Å². The summed E-state index contributed by atoms with van der Waals surface area (Å²) in [7, 11) is 6.03. The molecule has 1 heterocycles. The molecular formula is C9H16ClN3OS. The fraction of sp³-hybridized carbons (Fsp3) is 0.667. The minimum atomic E-state index is -0.0436. The van der Waals surface area contributed by atoms with E-state index in [1.807, 2.05) is 26.0 Å². The van der Waals surface area contributed by atoms with Crippen molar-refractivity contribution in [2.24, 2.45) is 0 Å². The Balaban J connectivity index is 2.61. The van der Waals surface area contributed by atoms with Crippen molar-refractivity contribution in [3.05, 3.63) is 10.0 Å². The highest BCUT2D eigenvalue weighted by atomic mass is 35.5. The molecule has 1 aromatic heterocycles. The zero-order valence-electron chi connectivity index (χ0n) is 9.20. The zero-order chi connectivity index (χ0) is 11.4. The van der Waals surface area contributed by atoms with Gasteiger partial charge in [0.2, 0.25) is 0 Å². The van der Waals surface area contributed by atoms with E-state index in [1.54, 1.807) is 0 Å². The van der Waals surface area contributed by atoms with Crippen molar-refractivity contribution < 1.29 is 5.11 Å². The van der Waals surface area contributed by atoms with E-state index in [0.717, 1.165) is 23.1 Å². The van der Waals surface area contributed by atoms with Crippen LogP contribution in [0.2, 0.25) is 5.15 Å². The van der Waals surface area contributed by atoms with Gasteiger partial charge in [0, 0.05) is 20.1 Å². The fourth-order valence-corrected chi connectivity index (χ4v) is 2.13. The first-order chi connectivity index (χ1) is 7.04. The highest BCUT2D eigenvalue weighted by Crippen LogP contribution is 2.28. The zero-order valence-corrected chi connectivity index (χ0v) is 10.8. The van der Waals surface area contributed by atoms with E-state index in [4.69, 9.17) is 16.7 Å². The molecule has 0 saturated heterocycles. The summed E-state index contributed by atoms with van der Waals surface area (Å²) >= 11 is 7.29. The van der Waals surface area contributed by atoms with Crippen LogP contribution in [0.3, 0.4) is 0 Å². The topological polar surface area (TPSA) is 39.6 Å². The van der Waals surface area contributed by atoms with Gasteiger partial charge in [-0.15, -0.1) is 0 Å². The van der Waals surface area contributed by atoms with Gasteiger partial charge in [-0.3, -0.25) is 0 Å². The number of hydrogen-bond donors (Lipinski definition) is 1. The average Bonchev–Trinajstić information content (AvgIpc) is 2.56. The van der Waals surface area contributed by atoms with Crippen LogP contribution in [0.15, 0.2) is 0 Å². The van der Waals surface area contributed by atoms with Crippen molar-refractivity contribution in [3.63, 3.8) is 0 Å². The smallest absolute Gasteiger partial charge is 0.186 e. The summed E-state index contributed by atoms with van der Waals surface area (Å²) in [5.41, 5.74) is 0. The molecule has 0 unspecified atom stereocenters. The Kier molecular flexibility index (Phi) is 4.79. The van der Waals surface area contributed by atoms with Crippen molar-refractivity contribution in [3.8, 4) is 0 Å². The van der Waals surface area contributed by atoms with E-state index < -0.39 is 0 Å². The van der Waals surface area contributed by atoms with Gasteiger partial charge in [-0.25, -0.2) is 4.98 Å². The van der Waals surface area contributed by atoms with E-state index in [1.165, 1.54) is 11.3 Å². The van der Waals surface area contributed by atoms with Crippen LogP contribution in [0.25, 0.3) is 0 Å². The molecule has 4 nitrogen and oxygen atoms in total. The first-order valence-electron chi connectivity index (χ1n) is 4.66. The lowest BCUT2D eigenvalue weighted by Gasteiger charge is -2.18. The van der Waals surface area contributed by atoms with Crippen LogP contribution < -0.4 is 4.90 Å². The van der Waals surface area contributed by atoms with E-state index in [-0.39, 0.29) is 6.61 Å². The largest absolute Gasteiger partial charge is 0.391 e. The molecule has 0 atom stereocenters. The van der Waals surface area contributed by atoms with Gasteiger partial charge in [-0.05, 0) is 14.1 Å². The average molecular weight is 250 g/mol. The molecule has 0 spiro atoms. The van der Waals surface area contributed by atoms with Gasteiger partial charge in [-0.1, -0.05) is 22.9 Å². The number of aliphatic hydroxyl groups excluding tert-OH is 1. The summed E-state index contributed by atoms with van der Waals surface area (Å²) in [6, 6.07) is 0. The lowest BCUT2D eigenvalue weighted by Crippen LogP contribution is -2.28. The van der Waals surface area contributed by atoms with E-state index in [9.17, 15) is 0 Å². The second-order valence-corrected chi connectivity index (χ2v) is 5.01. The fourth-order valence-electron chi connectivity index (χ4n) is 1.03. The number of nitrogens with zero attached hydrogens (tertiary/aromatic N) is 3. The second-order valence-electron chi connectivity index (χ2n) is 3.59. The number of hydrogen-bond acceptors (Lipinski definition) is 5. The molecule has 0 aliphatic carbocycles. The van der Waals surface area contributed by atoms with Gasteiger partial charge in [0.1, 0.15) is 5.15 Å². The SMILES string of the molecule is CN(C)CCN(C)c1nc(Cl)c(CO)s1. The van der Waals surface area contributed by atoms with Gasteiger partial charge >= 0.3 is 0 Å². The summed E-state index contributed by atoms with van der Waals surface area (Å²) in [6.07, 6.45) is 0. The van der Waals surface area contributed by atoms with Crippen molar-refractivity contribution in [1.29, 1.82) is 0 Å². The predicted octanol–water partition coefficient (Wildman–Crippen LogP) is 1.29. The maximum absolute atomic E-state index is 8.99. The monoisotopic (exact) mass is 249 g/mol. The molecule has 0 aromatic carbocycles. The summed E-state index contributed by atoms with van der Waals surface area (Å²) < 4.78 is 0. The molecule has 15 heavy (non-hydrogen) atoms. The molecule has 6 heteroatoms. The Morgan fingerprint density at radius 3 is 2.47 bits per heavy atom. The molecular weight excluding hydrogens is 234 g/mol. The summed E-state index contributed by atoms with van der Waals surface area (Å²) in [4.78, 5) is 9.06. The van der Waals surface area contributed by atoms with E-state index in [0.29, 0.717) is 5.15 Å². The van der Waals surface area contributed by atoms with Crippen LogP contribution in [-0.2, 0) is 6.61 Å². The quantitative estimate of drug-likeness (QED) is 0.854. The molecule has 1 N–H and O–H groups in total. The molecule has 0 radical (unpaired) electrons. The maximum atomic E-state index is 8.99. The number of aliphatic hydroxyl groups is 1. The first-order valence-corrected chi connectivity index (χ1v) is 5.86. The van der Waals surface area contributed by atoms with Gasteiger partial charge in [0.05, 0.1) is 11.5 Å². The standard InChI is InChI=1S/C9H16ClN3OS/c1-12(2)4-5-13(3)9-11-8(10)7(6-14)15-9/h14H,4-6H2,1-3H3. The van der Waals surface area contributed by atoms with Crippen molar-refractivity contribution >= 4 is 28.1 Å². The predicted molar refractivity (Wildman–Crippen MR) is 64.9 cm³/mol. The Morgan fingerprint density at radius 2 is 2.00 bits per heavy atom. The van der Waals surface area contributed by atoms with Crippen molar-refractivity contribution in [2.45, 2.75) is 6.61 Å². The van der Waals surface area contributed by atoms with Gasteiger partial charge in [0.15, 0.2) is 5.13 Å². The number of rotatable bonds is 5. The third-order valence-electron chi connectivity index (χ3n) is 1.99. The highest BCUT2D eigenvalue weighted by Gasteiger charge is 2.11. The molecule has 1 aromatic rings. The van der Waals surface area contributed by atoms with Crippen LogP contribution in [0.1, 0.15) is 4.88 Å². The molecule has 1 rings (SSSR count). The number of anilines is 1. The normalized spacial score (nSPS) is 11.1. The van der Waals surface area contributed by atoms with Crippen LogP contribution in [0.5, 0.6) is 0 Å². The third kappa shape index (κ3) is 3.61. The number of aromatic nitrogens is 1. The van der Waals surface area contributed by atoms with Gasteiger partial charge < -0.3 is 14.9 Å². The van der Waals surface area contributed by atoms with Crippen molar-refractivity contribution in [2.75, 3.05) is 39.1 Å². The minimum absolute atomic E-state index is 0.0436. The Morgan fingerprint density at radius 1 is 1.33 bits per heavy atom. The summed E-state index contributed by atoms with van der Waals surface area (Å²) in [5.74, 6) is 0. The molecule has 0 fully saturated rings. The van der Waals surface area contributed by atoms with E-state index in [2.05, 4.69) is 9.88 Å². The first kappa shape index (κ1) is 12.7. The lowest BCUT2D eigenvalue weighted by atomic mass is 10.5. The molecule has 0 bridgehead atoms. The molecule has 0 amide bonds. The van der Waals surface area contributed by atoms with Crippen LogP contribution in [-0.4, -0.2) is 49.2 Å². The van der Waals surface area contributed by atoms with Gasteiger partial charge in [-0.2, -0.15) is 0 Å². The Bertz CT molecular complexity index is 316. The summed E-state index contributed by atoms with van der Waals surface area (Å²) in [6.45, 7) is 1.81. The molecule has 86 valence electrons. The number of likely N-dealkylation sites (N-methyl/N-ethyl adjacent to an activating group) is 2. The molecule has 0 aliphatic rings. The van der Waals surface area contributed by atoms with Crippen LogP contribution in [0.4, 0.5) is 5.13 Å². The maximum Gasteiger partial charge on any atom is 0.186 e. The second kappa shape index (κ2) is 5.65. The Hall–Kier alpha value is -0.360. The summed E-state index contributed by atoms with van der Waals surface area (Å²) in [5, 5.41) is 10.3. The number of thiazole rings is 1. The number of halogens is 1. The van der Waals surface area contributed by atoms with Gasteiger partial charge in [0.25, 0.3) is 0 Å². The van der Waals surface area contributed by atoms with Crippen LogP contribution in [0, 0.1) is 0 Å².